The smallest absolute Gasteiger partial charge is 0.326 e. The van der Waals surface area contributed by atoms with E-state index in [0.717, 1.165) is 0 Å². The maximum Gasteiger partial charge on any atom is 0.326 e. The topological polar surface area (TPSA) is 95.0 Å². The van der Waals surface area contributed by atoms with Gasteiger partial charge in [-0.2, -0.15) is 0 Å². The first kappa shape index (κ1) is 17.4. The van der Waals surface area contributed by atoms with Gasteiger partial charge in [-0.05, 0) is 31.6 Å². The number of carboxylic acids is 1. The molecule has 23 heavy (non-hydrogen) atoms. The molecule has 2 aliphatic rings. The van der Waals surface area contributed by atoms with E-state index in [-0.39, 0.29) is 11.8 Å². The van der Waals surface area contributed by atoms with Crippen LogP contribution in [0.1, 0.15) is 46.5 Å². The van der Waals surface area contributed by atoms with Crippen molar-refractivity contribution in [3.63, 3.8) is 0 Å². The zero-order valence-corrected chi connectivity index (χ0v) is 13.9. The van der Waals surface area contributed by atoms with Crippen LogP contribution in [0.4, 0.5) is 0 Å². The van der Waals surface area contributed by atoms with Crippen molar-refractivity contribution in [2.24, 2.45) is 5.92 Å². The van der Waals surface area contributed by atoms with E-state index in [1.807, 2.05) is 13.8 Å². The largest absolute Gasteiger partial charge is 0.480 e. The molecule has 2 atom stereocenters. The van der Waals surface area contributed by atoms with Crippen LogP contribution in [0.3, 0.4) is 0 Å². The third-order valence-electron chi connectivity index (χ3n) is 4.82. The van der Waals surface area contributed by atoms with Crippen molar-refractivity contribution < 1.29 is 24.3 Å². The van der Waals surface area contributed by atoms with Crippen LogP contribution in [0, 0.1) is 5.92 Å². The van der Waals surface area contributed by atoms with Crippen LogP contribution >= 0.6 is 0 Å². The molecule has 7 nitrogen and oxygen atoms in total. The summed E-state index contributed by atoms with van der Waals surface area (Å²) in [5.74, 6) is -2.44. The van der Waals surface area contributed by atoms with Crippen LogP contribution in [0.2, 0.25) is 0 Å². The molecule has 0 radical (unpaired) electrons. The summed E-state index contributed by atoms with van der Waals surface area (Å²) in [7, 11) is 0. The lowest BCUT2D eigenvalue weighted by Crippen LogP contribution is -2.56. The first-order valence-electron chi connectivity index (χ1n) is 8.07. The molecular formula is C16H24N2O5. The minimum atomic E-state index is -1.02. The standard InChI is InChI=1S/C16H24N2O5/c1-10(2)9-12(14(21)22)17-8-6-16(15(17)23)5-4-7-18(16)13(20)11(3)19/h10,12H,4-9H2,1-3H3,(H,21,22)/t12-,16-/m1/s1. The predicted molar refractivity (Wildman–Crippen MR) is 81.6 cm³/mol. The highest BCUT2D eigenvalue weighted by Crippen LogP contribution is 2.40. The van der Waals surface area contributed by atoms with Crippen molar-refractivity contribution >= 4 is 23.6 Å². The molecule has 2 aliphatic heterocycles. The van der Waals surface area contributed by atoms with Gasteiger partial charge in [0.15, 0.2) is 0 Å². The average molecular weight is 324 g/mol. The number of nitrogens with zero attached hydrogens (tertiary/aromatic N) is 2. The quantitative estimate of drug-likeness (QED) is 0.750. The van der Waals surface area contributed by atoms with Gasteiger partial charge in [-0.15, -0.1) is 0 Å². The molecule has 2 fully saturated rings. The summed E-state index contributed by atoms with van der Waals surface area (Å²) >= 11 is 0. The van der Waals surface area contributed by atoms with Crippen molar-refractivity contribution in [2.75, 3.05) is 13.1 Å². The molecule has 0 aliphatic carbocycles. The Morgan fingerprint density at radius 3 is 2.39 bits per heavy atom. The minimum absolute atomic E-state index is 0.138. The van der Waals surface area contributed by atoms with Gasteiger partial charge in [0.2, 0.25) is 11.7 Å². The van der Waals surface area contributed by atoms with Gasteiger partial charge < -0.3 is 14.9 Å². The van der Waals surface area contributed by atoms with E-state index < -0.39 is 29.2 Å². The number of carbonyl (C=O) groups is 4. The number of rotatable bonds is 5. The summed E-state index contributed by atoms with van der Waals surface area (Å²) < 4.78 is 0. The average Bonchev–Trinajstić information content (AvgIpc) is 3.02. The van der Waals surface area contributed by atoms with Gasteiger partial charge in [0, 0.05) is 20.0 Å². The van der Waals surface area contributed by atoms with E-state index in [0.29, 0.717) is 38.8 Å². The third kappa shape index (κ3) is 2.96. The number of carboxylic acid groups (broad SMARTS) is 1. The van der Waals surface area contributed by atoms with E-state index in [1.165, 1.54) is 16.7 Å². The summed E-state index contributed by atoms with van der Waals surface area (Å²) in [6.45, 7) is 5.70. The van der Waals surface area contributed by atoms with Gasteiger partial charge in [0.05, 0.1) is 0 Å². The van der Waals surface area contributed by atoms with E-state index in [9.17, 15) is 24.3 Å². The molecule has 2 amide bonds. The molecule has 128 valence electrons. The zero-order chi connectivity index (χ0) is 17.4. The predicted octanol–water partition coefficient (Wildman–Crippen LogP) is 0.668. The van der Waals surface area contributed by atoms with E-state index in [2.05, 4.69) is 0 Å². The lowest BCUT2D eigenvalue weighted by Gasteiger charge is -2.34. The molecular weight excluding hydrogens is 300 g/mol. The number of likely N-dealkylation sites (tertiary alicyclic amines) is 2. The van der Waals surface area contributed by atoms with Crippen LogP contribution in [0.25, 0.3) is 0 Å². The summed E-state index contributed by atoms with van der Waals surface area (Å²) in [4.78, 5) is 50.8. The molecule has 0 aromatic carbocycles. The van der Waals surface area contributed by atoms with Crippen molar-refractivity contribution in [3.05, 3.63) is 0 Å². The highest BCUT2D eigenvalue weighted by atomic mass is 16.4. The molecule has 7 heteroatoms. The van der Waals surface area contributed by atoms with E-state index in [1.54, 1.807) is 0 Å². The van der Waals surface area contributed by atoms with Gasteiger partial charge in [-0.25, -0.2) is 4.79 Å². The van der Waals surface area contributed by atoms with Gasteiger partial charge in [-0.1, -0.05) is 13.8 Å². The van der Waals surface area contributed by atoms with Gasteiger partial charge in [0.1, 0.15) is 11.6 Å². The molecule has 2 saturated heterocycles. The number of hydrogen-bond acceptors (Lipinski definition) is 4. The second-order valence-corrected chi connectivity index (χ2v) is 6.88. The maximum atomic E-state index is 13.0. The Morgan fingerprint density at radius 2 is 1.87 bits per heavy atom. The SMILES string of the molecule is CC(=O)C(=O)N1CCC[C@]12CCN([C@H](CC(C)C)C(=O)O)C2=O. The summed E-state index contributed by atoms with van der Waals surface area (Å²) in [6, 6.07) is -0.878. The highest BCUT2D eigenvalue weighted by molar-refractivity contribution is 6.35. The monoisotopic (exact) mass is 324 g/mol. The maximum absolute atomic E-state index is 13.0. The second-order valence-electron chi connectivity index (χ2n) is 6.88. The van der Waals surface area contributed by atoms with Crippen LogP contribution in [-0.2, 0) is 19.2 Å². The number of amides is 2. The van der Waals surface area contributed by atoms with Crippen molar-refractivity contribution in [2.45, 2.75) is 58.0 Å². The normalized spacial score (nSPS) is 25.5. The van der Waals surface area contributed by atoms with Gasteiger partial charge in [0.25, 0.3) is 5.91 Å². The van der Waals surface area contributed by atoms with Gasteiger partial charge >= 0.3 is 5.97 Å². The fourth-order valence-corrected chi connectivity index (χ4v) is 3.73. The summed E-state index contributed by atoms with van der Waals surface area (Å²) in [6.07, 6.45) is 1.92. The summed E-state index contributed by atoms with van der Waals surface area (Å²) in [5, 5.41) is 9.47. The molecule has 0 bridgehead atoms. The number of carbonyl (C=O) groups excluding carboxylic acids is 3. The Bertz CT molecular complexity index is 545. The van der Waals surface area contributed by atoms with Crippen molar-refractivity contribution in [1.82, 2.24) is 9.80 Å². The molecule has 0 saturated carbocycles. The van der Waals surface area contributed by atoms with Gasteiger partial charge in [-0.3, -0.25) is 14.4 Å². The number of ketones is 1. The first-order valence-corrected chi connectivity index (χ1v) is 8.07. The summed E-state index contributed by atoms with van der Waals surface area (Å²) in [5.41, 5.74) is -1.02. The molecule has 2 rings (SSSR count). The lowest BCUT2D eigenvalue weighted by atomic mass is 9.93. The third-order valence-corrected chi connectivity index (χ3v) is 4.82. The first-order chi connectivity index (χ1) is 10.7. The Morgan fingerprint density at radius 1 is 1.22 bits per heavy atom. The zero-order valence-electron chi connectivity index (χ0n) is 13.9. The second kappa shape index (κ2) is 6.29. The van der Waals surface area contributed by atoms with Crippen molar-refractivity contribution in [3.8, 4) is 0 Å². The number of aliphatic carboxylic acids is 1. The fraction of sp³-hybridized carbons (Fsp3) is 0.750. The fourth-order valence-electron chi connectivity index (χ4n) is 3.73. The molecule has 2 heterocycles. The molecule has 0 aromatic rings. The number of Topliss-reactive ketones (excluding diaryl/α,β-unsaturated/α-hetero) is 1. The molecule has 1 N–H and O–H groups in total. The van der Waals surface area contributed by atoms with Crippen LogP contribution in [0.5, 0.6) is 0 Å². The Labute approximate surface area is 135 Å². The van der Waals surface area contributed by atoms with Crippen LogP contribution < -0.4 is 0 Å². The van der Waals surface area contributed by atoms with E-state index >= 15 is 0 Å². The van der Waals surface area contributed by atoms with Crippen LogP contribution in [-0.4, -0.2) is 63.1 Å². The lowest BCUT2D eigenvalue weighted by molar-refractivity contribution is -0.155. The molecule has 0 unspecified atom stereocenters. The Balaban J connectivity index is 2.27. The molecule has 1 spiro atoms. The Hall–Kier alpha value is -1.92. The van der Waals surface area contributed by atoms with E-state index in [4.69, 9.17) is 0 Å². The highest BCUT2D eigenvalue weighted by Gasteiger charge is 2.57. The number of hydrogen-bond donors (Lipinski definition) is 1. The van der Waals surface area contributed by atoms with Crippen molar-refractivity contribution in [1.29, 1.82) is 0 Å². The Kier molecular flexibility index (Phi) is 4.77. The molecule has 0 aromatic heterocycles. The minimum Gasteiger partial charge on any atom is -0.480 e. The van der Waals surface area contributed by atoms with Crippen LogP contribution in [0.15, 0.2) is 0 Å².